The summed E-state index contributed by atoms with van der Waals surface area (Å²) in [6.45, 7) is 0. The summed E-state index contributed by atoms with van der Waals surface area (Å²) >= 11 is 0. The Morgan fingerprint density at radius 2 is 1.74 bits per heavy atom. The van der Waals surface area contributed by atoms with Crippen molar-refractivity contribution in [3.8, 4) is 11.3 Å². The van der Waals surface area contributed by atoms with Crippen LogP contribution in [0.5, 0.6) is 0 Å². The lowest BCUT2D eigenvalue weighted by atomic mass is 10.1. The fraction of sp³-hybridized carbons (Fsp3) is 0.0476. The van der Waals surface area contributed by atoms with Crippen molar-refractivity contribution in [3.63, 3.8) is 0 Å². The molecule has 0 radical (unpaired) electrons. The molecule has 5 aromatic rings. The van der Waals surface area contributed by atoms with Gasteiger partial charge in [0.25, 0.3) is 5.56 Å². The summed E-state index contributed by atoms with van der Waals surface area (Å²) in [5.41, 5.74) is 5.48. The average Bonchev–Trinajstić information content (AvgIpc) is 3.11. The Hall–Kier alpha value is -3.80. The molecule has 0 amide bonds. The van der Waals surface area contributed by atoms with Gasteiger partial charge in [0.2, 0.25) is 0 Å². The van der Waals surface area contributed by atoms with Gasteiger partial charge in [0, 0.05) is 29.8 Å². The third-order valence-corrected chi connectivity index (χ3v) is 4.61. The van der Waals surface area contributed by atoms with Gasteiger partial charge < -0.3 is 4.98 Å². The highest BCUT2D eigenvalue weighted by atomic mass is 16.1. The topological polar surface area (TPSA) is 87.3 Å². The highest BCUT2D eigenvalue weighted by Gasteiger charge is 2.12. The van der Waals surface area contributed by atoms with Crippen molar-refractivity contribution >= 4 is 21.9 Å². The molecule has 0 aliphatic carbocycles. The summed E-state index contributed by atoms with van der Waals surface area (Å²) in [5.74, 6) is 0. The molecule has 6 heteroatoms. The minimum atomic E-state index is -0.167. The molecule has 3 aromatic heterocycles. The Bertz CT molecular complexity index is 1310. The Morgan fingerprint density at radius 1 is 0.926 bits per heavy atom. The van der Waals surface area contributed by atoms with Crippen LogP contribution in [0.4, 0.5) is 0 Å². The van der Waals surface area contributed by atoms with Gasteiger partial charge in [-0.2, -0.15) is 5.10 Å². The molecule has 2 N–H and O–H groups in total. The summed E-state index contributed by atoms with van der Waals surface area (Å²) in [4.78, 5) is 24.1. The number of aromatic amines is 2. The number of nitrogens with zero attached hydrogens (tertiary/aromatic N) is 3. The summed E-state index contributed by atoms with van der Waals surface area (Å²) in [6.07, 6.45) is 3.97. The summed E-state index contributed by atoms with van der Waals surface area (Å²) in [5, 5.41) is 8.42. The summed E-state index contributed by atoms with van der Waals surface area (Å²) < 4.78 is 0. The maximum absolute atomic E-state index is 12.4. The molecule has 0 aliphatic rings. The van der Waals surface area contributed by atoms with Crippen molar-refractivity contribution in [3.05, 3.63) is 88.6 Å². The number of hydrogen-bond donors (Lipinski definition) is 2. The van der Waals surface area contributed by atoms with Crippen LogP contribution in [-0.4, -0.2) is 25.1 Å². The van der Waals surface area contributed by atoms with Crippen molar-refractivity contribution in [1.29, 1.82) is 0 Å². The van der Waals surface area contributed by atoms with Crippen LogP contribution in [0.25, 0.3) is 33.2 Å². The number of aromatic nitrogens is 5. The van der Waals surface area contributed by atoms with Gasteiger partial charge in [0.1, 0.15) is 11.4 Å². The maximum Gasteiger partial charge on any atom is 0.270 e. The van der Waals surface area contributed by atoms with Crippen LogP contribution in [-0.2, 0) is 6.42 Å². The fourth-order valence-corrected chi connectivity index (χ4v) is 3.28. The van der Waals surface area contributed by atoms with E-state index < -0.39 is 0 Å². The Kier molecular flexibility index (Phi) is 3.53. The van der Waals surface area contributed by atoms with Gasteiger partial charge in [-0.1, -0.05) is 30.3 Å². The van der Waals surface area contributed by atoms with Gasteiger partial charge in [0.05, 0.1) is 16.6 Å². The third kappa shape index (κ3) is 2.77. The van der Waals surface area contributed by atoms with E-state index in [2.05, 4.69) is 25.1 Å². The molecule has 3 heterocycles. The summed E-state index contributed by atoms with van der Waals surface area (Å²) in [7, 11) is 0. The zero-order valence-electron chi connectivity index (χ0n) is 14.3. The van der Waals surface area contributed by atoms with Crippen molar-refractivity contribution in [2.45, 2.75) is 6.42 Å². The molecule has 0 aliphatic heterocycles. The molecule has 6 nitrogen and oxygen atoms in total. The SMILES string of the molecule is O=c1[nH]c2cc3[nH]nc(-c4ccncc4)c3cc2nc1Cc1ccccc1. The molecule has 0 bridgehead atoms. The highest BCUT2D eigenvalue weighted by Crippen LogP contribution is 2.28. The number of nitrogens with one attached hydrogen (secondary N) is 2. The van der Waals surface area contributed by atoms with Crippen LogP contribution >= 0.6 is 0 Å². The van der Waals surface area contributed by atoms with Gasteiger partial charge in [-0.05, 0) is 29.8 Å². The fourth-order valence-electron chi connectivity index (χ4n) is 3.28. The molecule has 0 saturated carbocycles. The van der Waals surface area contributed by atoms with Crippen molar-refractivity contribution in [2.24, 2.45) is 0 Å². The molecule has 5 rings (SSSR count). The largest absolute Gasteiger partial charge is 0.319 e. The monoisotopic (exact) mass is 353 g/mol. The first-order chi connectivity index (χ1) is 13.3. The zero-order chi connectivity index (χ0) is 18.2. The number of fused-ring (bicyclic) bond motifs is 2. The van der Waals surface area contributed by atoms with Crippen LogP contribution in [0.3, 0.4) is 0 Å². The average molecular weight is 353 g/mol. The molecule has 0 atom stereocenters. The standard InChI is InChI=1S/C21H15N5O/c27-21-19(10-13-4-2-1-3-5-13)23-17-11-15-16(12-18(17)24-21)25-26-20(15)14-6-8-22-9-7-14/h1-9,11-12H,10H2,(H,24,27)(H,25,26). The van der Waals surface area contributed by atoms with E-state index in [9.17, 15) is 4.79 Å². The molecular formula is C21H15N5O. The van der Waals surface area contributed by atoms with E-state index in [1.54, 1.807) is 12.4 Å². The lowest BCUT2D eigenvalue weighted by Crippen LogP contribution is -2.15. The van der Waals surface area contributed by atoms with Gasteiger partial charge >= 0.3 is 0 Å². The molecular weight excluding hydrogens is 338 g/mol. The van der Waals surface area contributed by atoms with Gasteiger partial charge in [-0.3, -0.25) is 14.9 Å². The normalized spacial score (nSPS) is 11.3. The van der Waals surface area contributed by atoms with Crippen molar-refractivity contribution < 1.29 is 0 Å². The van der Waals surface area contributed by atoms with E-state index in [0.29, 0.717) is 17.6 Å². The number of benzene rings is 2. The molecule has 2 aromatic carbocycles. The number of hydrogen-bond acceptors (Lipinski definition) is 4. The molecule has 0 saturated heterocycles. The Balaban J connectivity index is 1.67. The molecule has 0 spiro atoms. The third-order valence-electron chi connectivity index (χ3n) is 4.61. The number of H-pyrrole nitrogens is 2. The zero-order valence-corrected chi connectivity index (χ0v) is 14.3. The Morgan fingerprint density at radius 3 is 2.56 bits per heavy atom. The highest BCUT2D eigenvalue weighted by molar-refractivity contribution is 6.00. The predicted molar refractivity (Wildman–Crippen MR) is 104 cm³/mol. The van der Waals surface area contributed by atoms with E-state index in [-0.39, 0.29) is 5.56 Å². The quantitative estimate of drug-likeness (QED) is 0.520. The lowest BCUT2D eigenvalue weighted by molar-refractivity contribution is 1.03. The van der Waals surface area contributed by atoms with Gasteiger partial charge in [-0.25, -0.2) is 4.98 Å². The second kappa shape index (κ2) is 6.17. The summed E-state index contributed by atoms with van der Waals surface area (Å²) in [6, 6.07) is 17.5. The van der Waals surface area contributed by atoms with Crippen LogP contribution < -0.4 is 5.56 Å². The van der Waals surface area contributed by atoms with E-state index in [1.807, 2.05) is 54.6 Å². The van der Waals surface area contributed by atoms with E-state index >= 15 is 0 Å². The second-order valence-electron chi connectivity index (χ2n) is 6.40. The number of rotatable bonds is 3. The van der Waals surface area contributed by atoms with Gasteiger partial charge in [0.15, 0.2) is 0 Å². The molecule has 0 unspecified atom stereocenters. The maximum atomic E-state index is 12.4. The predicted octanol–water partition coefficient (Wildman–Crippen LogP) is 3.45. The van der Waals surface area contributed by atoms with Crippen LogP contribution in [0.15, 0.2) is 71.8 Å². The number of pyridine rings is 1. The Labute approximate surface area is 153 Å². The first-order valence-corrected chi connectivity index (χ1v) is 8.63. The van der Waals surface area contributed by atoms with Crippen LogP contribution in [0.2, 0.25) is 0 Å². The minimum Gasteiger partial charge on any atom is -0.319 e. The van der Waals surface area contributed by atoms with E-state index in [4.69, 9.17) is 0 Å². The van der Waals surface area contributed by atoms with Gasteiger partial charge in [-0.15, -0.1) is 0 Å². The van der Waals surface area contributed by atoms with Crippen molar-refractivity contribution in [2.75, 3.05) is 0 Å². The van der Waals surface area contributed by atoms with E-state index in [0.717, 1.165) is 33.2 Å². The minimum absolute atomic E-state index is 0.167. The first kappa shape index (κ1) is 15.5. The molecule has 0 fully saturated rings. The van der Waals surface area contributed by atoms with E-state index in [1.165, 1.54) is 0 Å². The van der Waals surface area contributed by atoms with Crippen LogP contribution in [0.1, 0.15) is 11.3 Å². The molecule has 130 valence electrons. The second-order valence-corrected chi connectivity index (χ2v) is 6.40. The van der Waals surface area contributed by atoms with Crippen molar-refractivity contribution in [1.82, 2.24) is 25.1 Å². The van der Waals surface area contributed by atoms with Crippen LogP contribution in [0, 0.1) is 0 Å². The smallest absolute Gasteiger partial charge is 0.270 e. The first-order valence-electron chi connectivity index (χ1n) is 8.63. The molecule has 27 heavy (non-hydrogen) atoms. The lowest BCUT2D eigenvalue weighted by Gasteiger charge is -2.04.